The fourth-order valence-electron chi connectivity index (χ4n) is 1.52. The summed E-state index contributed by atoms with van der Waals surface area (Å²) in [5.41, 5.74) is 0. The van der Waals surface area contributed by atoms with Gasteiger partial charge in [-0.25, -0.2) is 0 Å². The number of nitrogens with zero attached hydrogens (tertiary/aromatic N) is 2. The number of halogens is 4. The average Bonchev–Trinajstić information content (AvgIpc) is 2.36. The molecule has 0 spiro atoms. The number of rotatable bonds is 8. The minimum Gasteiger partial charge on any atom is -0.357 e. The molecule has 0 radical (unpaired) electrons. The molecule has 0 heterocycles. The summed E-state index contributed by atoms with van der Waals surface area (Å²) in [6.07, 6.45) is -3.98. The van der Waals surface area contributed by atoms with Gasteiger partial charge in [0.15, 0.2) is 5.96 Å². The van der Waals surface area contributed by atoms with Crippen LogP contribution in [-0.2, 0) is 0 Å². The molecule has 0 aliphatic carbocycles. The number of alkyl halides is 3. The maximum absolute atomic E-state index is 12.1. The van der Waals surface area contributed by atoms with Crippen molar-refractivity contribution in [1.29, 1.82) is 0 Å². The summed E-state index contributed by atoms with van der Waals surface area (Å²) >= 11 is 0. The number of aliphatic imine (C=N–C) groups is 1. The topological polar surface area (TPSA) is 39.7 Å². The van der Waals surface area contributed by atoms with Crippen LogP contribution in [0.3, 0.4) is 0 Å². The van der Waals surface area contributed by atoms with E-state index in [1.165, 1.54) is 0 Å². The van der Waals surface area contributed by atoms with Gasteiger partial charge in [-0.05, 0) is 27.3 Å². The van der Waals surface area contributed by atoms with Gasteiger partial charge in [0, 0.05) is 25.7 Å². The minimum absolute atomic E-state index is 0. The molecule has 2 N–H and O–H groups in total. The summed E-state index contributed by atoms with van der Waals surface area (Å²) in [6.45, 7) is 7.99. The fourth-order valence-corrected chi connectivity index (χ4v) is 1.52. The lowest BCUT2D eigenvalue weighted by atomic mass is 10.2. The molecule has 0 aromatic carbocycles. The predicted molar refractivity (Wildman–Crippen MR) is 92.5 cm³/mol. The molecule has 0 saturated carbocycles. The SMILES string of the molecule is CCNC(=NCCC(F)(F)F)NCCN(C)C(C)CC.I. The molecule has 0 rings (SSSR count). The summed E-state index contributed by atoms with van der Waals surface area (Å²) in [5.74, 6) is 0.439. The van der Waals surface area contributed by atoms with Gasteiger partial charge in [0.1, 0.15) is 0 Å². The van der Waals surface area contributed by atoms with Gasteiger partial charge in [-0.3, -0.25) is 4.99 Å². The highest BCUT2D eigenvalue weighted by Crippen LogP contribution is 2.18. The van der Waals surface area contributed by atoms with Crippen molar-refractivity contribution < 1.29 is 13.2 Å². The van der Waals surface area contributed by atoms with Gasteiger partial charge in [0.05, 0.1) is 13.0 Å². The molecule has 128 valence electrons. The number of likely N-dealkylation sites (N-methyl/N-ethyl adjacent to an activating group) is 1. The Hall–Kier alpha value is -0.250. The van der Waals surface area contributed by atoms with Crippen molar-refractivity contribution in [3.05, 3.63) is 0 Å². The van der Waals surface area contributed by atoms with E-state index in [4.69, 9.17) is 0 Å². The molecule has 1 unspecified atom stereocenters. The van der Waals surface area contributed by atoms with Crippen LogP contribution >= 0.6 is 24.0 Å². The fraction of sp³-hybridized carbons (Fsp3) is 0.923. The summed E-state index contributed by atoms with van der Waals surface area (Å²) in [4.78, 5) is 6.12. The predicted octanol–water partition coefficient (Wildman–Crippen LogP) is 2.84. The van der Waals surface area contributed by atoms with Gasteiger partial charge in [0.2, 0.25) is 0 Å². The number of hydrogen-bond acceptors (Lipinski definition) is 2. The molecule has 8 heteroatoms. The quantitative estimate of drug-likeness (QED) is 0.358. The Bertz CT molecular complexity index is 285. The van der Waals surface area contributed by atoms with Crippen LogP contribution in [0.2, 0.25) is 0 Å². The highest BCUT2D eigenvalue weighted by atomic mass is 127. The van der Waals surface area contributed by atoms with Crippen molar-refractivity contribution in [2.24, 2.45) is 4.99 Å². The third kappa shape index (κ3) is 13.2. The average molecular weight is 424 g/mol. The maximum atomic E-state index is 12.1. The molecule has 0 amide bonds. The smallest absolute Gasteiger partial charge is 0.357 e. The van der Waals surface area contributed by atoms with E-state index in [0.29, 0.717) is 25.1 Å². The van der Waals surface area contributed by atoms with E-state index in [1.807, 2.05) is 14.0 Å². The molecule has 0 fully saturated rings. The molecule has 21 heavy (non-hydrogen) atoms. The van der Waals surface area contributed by atoms with E-state index < -0.39 is 12.6 Å². The lowest BCUT2D eigenvalue weighted by molar-refractivity contribution is -0.132. The number of hydrogen-bond donors (Lipinski definition) is 2. The van der Waals surface area contributed by atoms with E-state index in [2.05, 4.69) is 34.4 Å². The first kappa shape index (κ1) is 23.0. The molecule has 0 aliphatic heterocycles. The molecule has 0 bridgehead atoms. The normalized spacial score (nSPS) is 13.8. The number of guanidine groups is 1. The Kier molecular flexibility index (Phi) is 13.5. The molecule has 0 saturated heterocycles. The molecule has 0 aromatic heterocycles. The standard InChI is InChI=1S/C13H27F3N4.HI/c1-5-11(3)20(4)10-9-19-12(17-6-2)18-8-7-13(14,15)16;/h11H,5-10H2,1-4H3,(H2,17,18,19);1H. The van der Waals surface area contributed by atoms with Gasteiger partial charge in [0.25, 0.3) is 0 Å². The lowest BCUT2D eigenvalue weighted by Crippen LogP contribution is -2.42. The highest BCUT2D eigenvalue weighted by molar-refractivity contribution is 14.0. The minimum atomic E-state index is -4.16. The van der Waals surface area contributed by atoms with Gasteiger partial charge in [-0.1, -0.05) is 6.92 Å². The Morgan fingerprint density at radius 2 is 1.86 bits per heavy atom. The van der Waals surface area contributed by atoms with Crippen molar-refractivity contribution in [2.45, 2.75) is 45.8 Å². The van der Waals surface area contributed by atoms with Crippen LogP contribution in [0.15, 0.2) is 4.99 Å². The van der Waals surface area contributed by atoms with Crippen LogP contribution < -0.4 is 10.6 Å². The van der Waals surface area contributed by atoms with Crippen molar-refractivity contribution in [1.82, 2.24) is 15.5 Å². The zero-order valence-electron chi connectivity index (χ0n) is 13.3. The van der Waals surface area contributed by atoms with Gasteiger partial charge in [-0.2, -0.15) is 13.2 Å². The zero-order chi connectivity index (χ0) is 15.6. The van der Waals surface area contributed by atoms with Crippen molar-refractivity contribution >= 4 is 29.9 Å². The van der Waals surface area contributed by atoms with Crippen molar-refractivity contribution in [3.63, 3.8) is 0 Å². The lowest BCUT2D eigenvalue weighted by Gasteiger charge is -2.24. The van der Waals surface area contributed by atoms with Crippen LogP contribution in [0, 0.1) is 0 Å². The second-order valence-electron chi connectivity index (χ2n) is 4.79. The van der Waals surface area contributed by atoms with Gasteiger partial charge >= 0.3 is 6.18 Å². The number of nitrogens with one attached hydrogen (secondary N) is 2. The second-order valence-corrected chi connectivity index (χ2v) is 4.79. The Balaban J connectivity index is 0. The summed E-state index contributed by atoms with van der Waals surface area (Å²) in [5, 5.41) is 5.99. The molecule has 1 atom stereocenters. The Morgan fingerprint density at radius 3 is 2.33 bits per heavy atom. The summed E-state index contributed by atoms with van der Waals surface area (Å²) in [7, 11) is 2.03. The largest absolute Gasteiger partial charge is 0.390 e. The molecular weight excluding hydrogens is 396 g/mol. The highest BCUT2D eigenvalue weighted by Gasteiger charge is 2.26. The second kappa shape index (κ2) is 12.3. The van der Waals surface area contributed by atoms with E-state index in [0.717, 1.165) is 13.0 Å². The van der Waals surface area contributed by atoms with E-state index >= 15 is 0 Å². The first-order chi connectivity index (χ1) is 9.30. The van der Waals surface area contributed by atoms with Crippen molar-refractivity contribution in [2.75, 3.05) is 33.2 Å². The van der Waals surface area contributed by atoms with Gasteiger partial charge in [-0.15, -0.1) is 24.0 Å². The van der Waals surface area contributed by atoms with E-state index in [-0.39, 0.29) is 30.5 Å². The maximum Gasteiger partial charge on any atom is 0.390 e. The summed E-state index contributed by atoms with van der Waals surface area (Å²) < 4.78 is 36.2. The van der Waals surface area contributed by atoms with Crippen LogP contribution in [0.5, 0.6) is 0 Å². The molecular formula is C13H28F3IN4. The first-order valence-corrected chi connectivity index (χ1v) is 7.09. The molecule has 0 aliphatic rings. The third-order valence-corrected chi connectivity index (χ3v) is 3.11. The van der Waals surface area contributed by atoms with E-state index in [9.17, 15) is 13.2 Å². The van der Waals surface area contributed by atoms with Crippen LogP contribution in [0.25, 0.3) is 0 Å². The molecule has 4 nitrogen and oxygen atoms in total. The van der Waals surface area contributed by atoms with Crippen molar-refractivity contribution in [3.8, 4) is 0 Å². The first-order valence-electron chi connectivity index (χ1n) is 7.09. The monoisotopic (exact) mass is 424 g/mol. The van der Waals surface area contributed by atoms with E-state index in [1.54, 1.807) is 0 Å². The molecule has 0 aromatic rings. The Labute approximate surface area is 143 Å². The van der Waals surface area contributed by atoms with Crippen LogP contribution in [0.4, 0.5) is 13.2 Å². The van der Waals surface area contributed by atoms with Crippen LogP contribution in [0.1, 0.15) is 33.6 Å². The third-order valence-electron chi connectivity index (χ3n) is 3.11. The zero-order valence-corrected chi connectivity index (χ0v) is 15.6. The van der Waals surface area contributed by atoms with Crippen LogP contribution in [-0.4, -0.2) is 56.3 Å². The van der Waals surface area contributed by atoms with Gasteiger partial charge < -0.3 is 15.5 Å². The summed E-state index contributed by atoms with van der Waals surface area (Å²) in [6, 6.07) is 0.488. The Morgan fingerprint density at radius 1 is 1.24 bits per heavy atom.